The lowest BCUT2D eigenvalue weighted by Gasteiger charge is -2.22. The van der Waals surface area contributed by atoms with E-state index in [1.165, 1.54) is 18.7 Å². The van der Waals surface area contributed by atoms with Crippen molar-refractivity contribution in [1.82, 2.24) is 10.3 Å². The third-order valence-electron chi connectivity index (χ3n) is 4.80. The van der Waals surface area contributed by atoms with E-state index < -0.39 is 0 Å². The SMILES string of the molecule is COc1ccc(C)cc1NC(=O)c1cc(C(=O)NC2CCCCC2)ccn1. The van der Waals surface area contributed by atoms with Gasteiger partial charge in [-0.2, -0.15) is 0 Å². The van der Waals surface area contributed by atoms with Gasteiger partial charge < -0.3 is 15.4 Å². The summed E-state index contributed by atoms with van der Waals surface area (Å²) < 4.78 is 5.28. The van der Waals surface area contributed by atoms with E-state index in [-0.39, 0.29) is 23.6 Å². The number of hydrogen-bond acceptors (Lipinski definition) is 4. The third-order valence-corrected chi connectivity index (χ3v) is 4.80. The molecule has 142 valence electrons. The van der Waals surface area contributed by atoms with Gasteiger partial charge in [0.15, 0.2) is 0 Å². The van der Waals surface area contributed by atoms with E-state index in [0.29, 0.717) is 17.0 Å². The Morgan fingerprint density at radius 2 is 1.85 bits per heavy atom. The number of nitrogens with one attached hydrogen (secondary N) is 2. The second-order valence-corrected chi connectivity index (χ2v) is 6.90. The number of nitrogens with zero attached hydrogens (tertiary/aromatic N) is 1. The van der Waals surface area contributed by atoms with Crippen molar-refractivity contribution >= 4 is 17.5 Å². The van der Waals surface area contributed by atoms with Crippen LogP contribution in [0.2, 0.25) is 0 Å². The first-order chi connectivity index (χ1) is 13.1. The van der Waals surface area contributed by atoms with Crippen molar-refractivity contribution < 1.29 is 14.3 Å². The summed E-state index contributed by atoms with van der Waals surface area (Å²) in [6.07, 6.45) is 7.03. The highest BCUT2D eigenvalue weighted by Gasteiger charge is 2.18. The van der Waals surface area contributed by atoms with Gasteiger partial charge >= 0.3 is 0 Å². The molecular weight excluding hydrogens is 342 g/mol. The number of ether oxygens (including phenoxy) is 1. The molecule has 0 aliphatic heterocycles. The summed E-state index contributed by atoms with van der Waals surface area (Å²) in [6, 6.07) is 8.90. The molecule has 6 nitrogen and oxygen atoms in total. The standard InChI is InChI=1S/C21H25N3O3/c1-14-8-9-19(27-2)17(12-14)24-21(26)18-13-15(10-11-22-18)20(25)23-16-6-4-3-5-7-16/h8-13,16H,3-7H2,1-2H3,(H,23,25)(H,24,26). The smallest absolute Gasteiger partial charge is 0.274 e. The van der Waals surface area contributed by atoms with Gasteiger partial charge in [-0.1, -0.05) is 25.3 Å². The number of amides is 2. The van der Waals surface area contributed by atoms with Gasteiger partial charge in [0.25, 0.3) is 11.8 Å². The van der Waals surface area contributed by atoms with Gasteiger partial charge in [0.1, 0.15) is 11.4 Å². The Bertz CT molecular complexity index is 829. The first-order valence-electron chi connectivity index (χ1n) is 9.29. The van der Waals surface area contributed by atoms with E-state index in [1.54, 1.807) is 19.2 Å². The number of hydrogen-bond donors (Lipinski definition) is 2. The Labute approximate surface area is 159 Å². The highest BCUT2D eigenvalue weighted by Crippen LogP contribution is 2.25. The lowest BCUT2D eigenvalue weighted by Crippen LogP contribution is -2.36. The minimum Gasteiger partial charge on any atom is -0.495 e. The van der Waals surface area contributed by atoms with Crippen LogP contribution < -0.4 is 15.4 Å². The molecule has 6 heteroatoms. The topological polar surface area (TPSA) is 80.3 Å². The summed E-state index contributed by atoms with van der Waals surface area (Å²) in [5.41, 5.74) is 2.20. The molecule has 1 heterocycles. The molecule has 0 bridgehead atoms. The summed E-state index contributed by atoms with van der Waals surface area (Å²) in [5.74, 6) is 0.0258. The van der Waals surface area contributed by atoms with Crippen LogP contribution in [0.1, 0.15) is 58.5 Å². The molecule has 2 N–H and O–H groups in total. The molecule has 0 unspecified atom stereocenters. The van der Waals surface area contributed by atoms with Crippen molar-refractivity contribution in [2.45, 2.75) is 45.1 Å². The van der Waals surface area contributed by atoms with Gasteiger partial charge in [-0.05, 0) is 49.6 Å². The number of carbonyl (C=O) groups is 2. The molecule has 1 aromatic heterocycles. The minimum absolute atomic E-state index is 0.161. The number of rotatable bonds is 5. The molecule has 1 aliphatic rings. The predicted octanol–water partition coefficient (Wildman–Crippen LogP) is 3.71. The maximum atomic E-state index is 12.6. The number of anilines is 1. The largest absolute Gasteiger partial charge is 0.495 e. The second kappa shape index (κ2) is 8.66. The highest BCUT2D eigenvalue weighted by atomic mass is 16.5. The van der Waals surface area contributed by atoms with Crippen LogP contribution >= 0.6 is 0 Å². The van der Waals surface area contributed by atoms with Crippen LogP contribution in [0.5, 0.6) is 5.75 Å². The van der Waals surface area contributed by atoms with Gasteiger partial charge in [-0.3, -0.25) is 14.6 Å². The van der Waals surface area contributed by atoms with Crippen molar-refractivity contribution in [2.75, 3.05) is 12.4 Å². The van der Waals surface area contributed by atoms with E-state index in [0.717, 1.165) is 31.2 Å². The van der Waals surface area contributed by atoms with Gasteiger partial charge in [0.2, 0.25) is 0 Å². The summed E-state index contributed by atoms with van der Waals surface area (Å²) in [7, 11) is 1.55. The zero-order valence-electron chi connectivity index (χ0n) is 15.7. The number of benzene rings is 1. The summed E-state index contributed by atoms with van der Waals surface area (Å²) >= 11 is 0. The van der Waals surface area contributed by atoms with E-state index in [2.05, 4.69) is 15.6 Å². The molecule has 2 amide bonds. The van der Waals surface area contributed by atoms with Crippen LogP contribution in [0.4, 0.5) is 5.69 Å². The molecule has 0 saturated heterocycles. The molecule has 1 fully saturated rings. The normalized spacial score (nSPS) is 14.4. The van der Waals surface area contributed by atoms with E-state index in [1.807, 2.05) is 19.1 Å². The third kappa shape index (κ3) is 4.84. The van der Waals surface area contributed by atoms with Gasteiger partial charge in [0.05, 0.1) is 12.8 Å². The first-order valence-corrected chi connectivity index (χ1v) is 9.29. The van der Waals surface area contributed by atoms with Crippen LogP contribution in [-0.2, 0) is 0 Å². The Morgan fingerprint density at radius 1 is 1.07 bits per heavy atom. The summed E-state index contributed by atoms with van der Waals surface area (Å²) in [6.45, 7) is 1.93. The molecule has 3 rings (SSSR count). The molecule has 27 heavy (non-hydrogen) atoms. The van der Waals surface area contributed by atoms with Crippen LogP contribution in [-0.4, -0.2) is 29.9 Å². The number of methoxy groups -OCH3 is 1. The van der Waals surface area contributed by atoms with Crippen LogP contribution in [0.25, 0.3) is 0 Å². The van der Waals surface area contributed by atoms with Gasteiger partial charge in [-0.25, -0.2) is 0 Å². The zero-order chi connectivity index (χ0) is 19.2. The lowest BCUT2D eigenvalue weighted by atomic mass is 9.95. The molecule has 0 radical (unpaired) electrons. The quantitative estimate of drug-likeness (QED) is 0.844. The molecule has 0 spiro atoms. The molecule has 1 aliphatic carbocycles. The fourth-order valence-electron chi connectivity index (χ4n) is 3.32. The number of pyridine rings is 1. The number of carbonyl (C=O) groups excluding carboxylic acids is 2. The fourth-order valence-corrected chi connectivity index (χ4v) is 3.32. The Kier molecular flexibility index (Phi) is 6.06. The van der Waals surface area contributed by atoms with Crippen LogP contribution in [0, 0.1) is 6.92 Å². The highest BCUT2D eigenvalue weighted by molar-refractivity contribution is 6.05. The molecule has 0 atom stereocenters. The van der Waals surface area contributed by atoms with Crippen molar-refractivity contribution in [2.24, 2.45) is 0 Å². The van der Waals surface area contributed by atoms with Crippen LogP contribution in [0.3, 0.4) is 0 Å². The molecule has 1 aromatic carbocycles. The molecule has 2 aromatic rings. The first kappa shape index (κ1) is 18.9. The Hall–Kier alpha value is -2.89. The monoisotopic (exact) mass is 367 g/mol. The van der Waals surface area contributed by atoms with Crippen molar-refractivity contribution in [3.8, 4) is 5.75 Å². The average Bonchev–Trinajstić information content (AvgIpc) is 2.69. The summed E-state index contributed by atoms with van der Waals surface area (Å²) in [5, 5.41) is 5.87. The maximum Gasteiger partial charge on any atom is 0.274 e. The van der Waals surface area contributed by atoms with E-state index in [9.17, 15) is 9.59 Å². The van der Waals surface area contributed by atoms with Gasteiger partial charge in [0, 0.05) is 17.8 Å². The van der Waals surface area contributed by atoms with Gasteiger partial charge in [-0.15, -0.1) is 0 Å². The van der Waals surface area contributed by atoms with Crippen molar-refractivity contribution in [3.63, 3.8) is 0 Å². The fraction of sp³-hybridized carbons (Fsp3) is 0.381. The Balaban J connectivity index is 1.72. The summed E-state index contributed by atoms with van der Waals surface area (Å²) in [4.78, 5) is 29.2. The second-order valence-electron chi connectivity index (χ2n) is 6.90. The molecular formula is C21H25N3O3. The predicted molar refractivity (Wildman–Crippen MR) is 104 cm³/mol. The maximum absolute atomic E-state index is 12.6. The zero-order valence-corrected chi connectivity index (χ0v) is 15.7. The van der Waals surface area contributed by atoms with Crippen molar-refractivity contribution in [3.05, 3.63) is 53.3 Å². The Morgan fingerprint density at radius 3 is 2.59 bits per heavy atom. The molecule has 1 saturated carbocycles. The average molecular weight is 367 g/mol. The number of aryl methyl sites for hydroxylation is 1. The van der Waals surface area contributed by atoms with Crippen molar-refractivity contribution in [1.29, 1.82) is 0 Å². The van der Waals surface area contributed by atoms with E-state index in [4.69, 9.17) is 4.74 Å². The lowest BCUT2D eigenvalue weighted by molar-refractivity contribution is 0.0927. The van der Waals surface area contributed by atoms with E-state index >= 15 is 0 Å². The van der Waals surface area contributed by atoms with Crippen LogP contribution in [0.15, 0.2) is 36.5 Å². The minimum atomic E-state index is -0.383. The number of aromatic nitrogens is 1.